The zero-order chi connectivity index (χ0) is 15.8. The van der Waals surface area contributed by atoms with Gasteiger partial charge in [0, 0.05) is 24.0 Å². The summed E-state index contributed by atoms with van der Waals surface area (Å²) >= 11 is 1.60. The Morgan fingerprint density at radius 2 is 2.09 bits per heavy atom. The van der Waals surface area contributed by atoms with Gasteiger partial charge < -0.3 is 15.8 Å². The normalized spacial score (nSPS) is 10.3. The van der Waals surface area contributed by atoms with Crippen LogP contribution in [0.5, 0.6) is 5.75 Å². The van der Waals surface area contributed by atoms with Gasteiger partial charge in [0.2, 0.25) is 0 Å². The van der Waals surface area contributed by atoms with Crippen LogP contribution in [-0.2, 0) is 0 Å². The number of pyridine rings is 1. The van der Waals surface area contributed by atoms with Crippen molar-refractivity contribution >= 4 is 23.4 Å². The van der Waals surface area contributed by atoms with Crippen molar-refractivity contribution < 1.29 is 9.53 Å². The third-order valence-electron chi connectivity index (χ3n) is 2.79. The van der Waals surface area contributed by atoms with E-state index in [1.807, 2.05) is 6.92 Å². The molecule has 2 rings (SSSR count). The van der Waals surface area contributed by atoms with E-state index in [0.29, 0.717) is 24.4 Å². The number of benzene rings is 1. The molecule has 0 atom stereocenters. The maximum atomic E-state index is 12.2. The zero-order valence-corrected chi connectivity index (χ0v) is 13.2. The first-order valence-corrected chi connectivity index (χ1v) is 8.04. The van der Waals surface area contributed by atoms with Gasteiger partial charge in [-0.3, -0.25) is 4.79 Å². The fourth-order valence-corrected chi connectivity index (χ4v) is 2.43. The van der Waals surface area contributed by atoms with Crippen molar-refractivity contribution in [1.29, 1.82) is 0 Å². The van der Waals surface area contributed by atoms with E-state index in [9.17, 15) is 4.79 Å². The van der Waals surface area contributed by atoms with Gasteiger partial charge in [-0.25, -0.2) is 4.98 Å². The Hall–Kier alpha value is -2.05. The molecule has 0 spiro atoms. The Morgan fingerprint density at radius 1 is 1.32 bits per heavy atom. The number of nitrogens with zero attached hydrogens (tertiary/aromatic N) is 1. The van der Waals surface area contributed by atoms with E-state index in [2.05, 4.69) is 10.3 Å². The maximum Gasteiger partial charge on any atom is 0.255 e. The van der Waals surface area contributed by atoms with Crippen molar-refractivity contribution in [2.75, 3.05) is 24.2 Å². The number of nitrogens with one attached hydrogen (secondary N) is 1. The summed E-state index contributed by atoms with van der Waals surface area (Å²) in [4.78, 5) is 16.4. The predicted molar refractivity (Wildman–Crippen MR) is 89.6 cm³/mol. The molecule has 0 bridgehead atoms. The van der Waals surface area contributed by atoms with Crippen molar-refractivity contribution in [1.82, 2.24) is 4.98 Å². The molecule has 5 nitrogen and oxygen atoms in total. The molecular weight excluding hydrogens is 298 g/mol. The fourth-order valence-electron chi connectivity index (χ4n) is 1.79. The second-order valence-corrected chi connectivity index (χ2v) is 5.72. The predicted octanol–water partition coefficient (Wildman–Crippen LogP) is 2.78. The number of hydrogen-bond donors (Lipinski definition) is 2. The standard InChI is InChI=1S/C16H19N3O2S/c1-2-22-15-11-12(7-9-18-15)16(20)19-13-3-5-14(6-4-13)21-10-8-17/h3-7,9,11H,2,8,10,17H2,1H3,(H,19,20). The number of amides is 1. The van der Waals surface area contributed by atoms with Crippen LogP contribution in [0.4, 0.5) is 5.69 Å². The Morgan fingerprint density at radius 3 is 2.77 bits per heavy atom. The van der Waals surface area contributed by atoms with Gasteiger partial charge in [0.25, 0.3) is 5.91 Å². The summed E-state index contributed by atoms with van der Waals surface area (Å²) in [5.74, 6) is 1.49. The first-order valence-electron chi connectivity index (χ1n) is 7.06. The minimum absolute atomic E-state index is 0.157. The van der Waals surface area contributed by atoms with Crippen molar-refractivity contribution in [3.8, 4) is 5.75 Å². The molecule has 0 aliphatic rings. The van der Waals surface area contributed by atoms with Crippen LogP contribution in [0.2, 0.25) is 0 Å². The van der Waals surface area contributed by atoms with E-state index < -0.39 is 0 Å². The number of hydrogen-bond acceptors (Lipinski definition) is 5. The molecule has 0 saturated carbocycles. The number of anilines is 1. The number of aromatic nitrogens is 1. The molecule has 3 N–H and O–H groups in total. The number of thioether (sulfide) groups is 1. The summed E-state index contributed by atoms with van der Waals surface area (Å²) in [6, 6.07) is 10.7. The van der Waals surface area contributed by atoms with Gasteiger partial charge in [-0.2, -0.15) is 0 Å². The monoisotopic (exact) mass is 317 g/mol. The highest BCUT2D eigenvalue weighted by molar-refractivity contribution is 7.99. The van der Waals surface area contributed by atoms with Crippen LogP contribution in [0, 0.1) is 0 Å². The Bertz CT molecular complexity index is 617. The number of carbonyl (C=O) groups is 1. The molecule has 0 saturated heterocycles. The van der Waals surface area contributed by atoms with Crippen molar-refractivity contribution in [2.45, 2.75) is 11.9 Å². The van der Waals surface area contributed by atoms with Crippen LogP contribution < -0.4 is 15.8 Å². The molecule has 0 aliphatic carbocycles. The molecule has 0 unspecified atom stereocenters. The Labute approximate surface area is 134 Å². The SMILES string of the molecule is CCSc1cc(C(=O)Nc2ccc(OCCN)cc2)ccn1. The van der Waals surface area contributed by atoms with E-state index in [1.165, 1.54) is 0 Å². The molecule has 22 heavy (non-hydrogen) atoms. The van der Waals surface area contributed by atoms with Crippen LogP contribution in [0.3, 0.4) is 0 Å². The van der Waals surface area contributed by atoms with Gasteiger partial charge in [-0.15, -0.1) is 11.8 Å². The second-order valence-electron chi connectivity index (χ2n) is 4.43. The zero-order valence-electron chi connectivity index (χ0n) is 12.4. The van der Waals surface area contributed by atoms with Crippen LogP contribution in [0.15, 0.2) is 47.6 Å². The first kappa shape index (κ1) is 16.3. The average molecular weight is 317 g/mol. The van der Waals surface area contributed by atoms with Crippen LogP contribution in [0.25, 0.3) is 0 Å². The van der Waals surface area contributed by atoms with Gasteiger partial charge >= 0.3 is 0 Å². The van der Waals surface area contributed by atoms with Gasteiger partial charge in [0.1, 0.15) is 12.4 Å². The lowest BCUT2D eigenvalue weighted by molar-refractivity contribution is 0.102. The summed E-state index contributed by atoms with van der Waals surface area (Å²) < 4.78 is 5.39. The first-order chi connectivity index (χ1) is 10.7. The van der Waals surface area contributed by atoms with Gasteiger partial charge in [0.05, 0.1) is 5.03 Å². The van der Waals surface area contributed by atoms with Gasteiger partial charge in [-0.05, 0) is 42.2 Å². The third-order valence-corrected chi connectivity index (χ3v) is 3.60. The van der Waals surface area contributed by atoms with Crippen LogP contribution in [-0.4, -0.2) is 29.8 Å². The number of nitrogens with two attached hydrogens (primary N) is 1. The summed E-state index contributed by atoms with van der Waals surface area (Å²) in [6.45, 7) is 2.99. The minimum Gasteiger partial charge on any atom is -0.492 e. The highest BCUT2D eigenvalue weighted by Crippen LogP contribution is 2.18. The average Bonchev–Trinajstić information content (AvgIpc) is 2.55. The summed E-state index contributed by atoms with van der Waals surface area (Å²) in [6.07, 6.45) is 1.65. The van der Waals surface area contributed by atoms with Crippen LogP contribution in [0.1, 0.15) is 17.3 Å². The molecule has 6 heteroatoms. The molecular formula is C16H19N3O2S. The van der Waals surface area contributed by atoms with Gasteiger partial charge in [-0.1, -0.05) is 6.92 Å². The fraction of sp³-hybridized carbons (Fsp3) is 0.250. The lowest BCUT2D eigenvalue weighted by atomic mass is 10.2. The Balaban J connectivity index is 2.00. The highest BCUT2D eigenvalue weighted by Gasteiger charge is 2.07. The lowest BCUT2D eigenvalue weighted by Crippen LogP contribution is -2.12. The number of carbonyl (C=O) groups excluding carboxylic acids is 1. The van der Waals surface area contributed by atoms with Crippen molar-refractivity contribution in [3.63, 3.8) is 0 Å². The van der Waals surface area contributed by atoms with E-state index in [1.54, 1.807) is 54.4 Å². The summed E-state index contributed by atoms with van der Waals surface area (Å²) in [5.41, 5.74) is 6.69. The Kier molecular flexibility index (Phi) is 6.24. The third kappa shape index (κ3) is 4.75. The quantitative estimate of drug-likeness (QED) is 0.768. The summed E-state index contributed by atoms with van der Waals surface area (Å²) in [7, 11) is 0. The van der Waals surface area contributed by atoms with Crippen molar-refractivity contribution in [3.05, 3.63) is 48.2 Å². The maximum absolute atomic E-state index is 12.2. The largest absolute Gasteiger partial charge is 0.492 e. The molecule has 1 heterocycles. The topological polar surface area (TPSA) is 77.2 Å². The molecule has 1 amide bonds. The van der Waals surface area contributed by atoms with Gasteiger partial charge in [0.15, 0.2) is 0 Å². The van der Waals surface area contributed by atoms with E-state index in [4.69, 9.17) is 10.5 Å². The number of rotatable bonds is 7. The molecule has 1 aromatic heterocycles. The molecule has 2 aromatic rings. The highest BCUT2D eigenvalue weighted by atomic mass is 32.2. The van der Waals surface area contributed by atoms with Crippen LogP contribution >= 0.6 is 11.8 Å². The second kappa shape index (κ2) is 8.41. The lowest BCUT2D eigenvalue weighted by Gasteiger charge is -2.08. The van der Waals surface area contributed by atoms with E-state index in [0.717, 1.165) is 16.5 Å². The summed E-state index contributed by atoms with van der Waals surface area (Å²) in [5, 5.41) is 3.70. The van der Waals surface area contributed by atoms with Crippen molar-refractivity contribution in [2.24, 2.45) is 5.73 Å². The minimum atomic E-state index is -0.157. The number of ether oxygens (including phenoxy) is 1. The molecule has 116 valence electrons. The smallest absolute Gasteiger partial charge is 0.255 e. The molecule has 0 fully saturated rings. The molecule has 0 aliphatic heterocycles. The molecule has 1 aromatic carbocycles. The molecule has 0 radical (unpaired) electrons. The van der Waals surface area contributed by atoms with E-state index >= 15 is 0 Å². The van der Waals surface area contributed by atoms with E-state index in [-0.39, 0.29) is 5.91 Å².